The molecule has 2 aliphatic carbocycles. The largest absolute Gasteiger partial charge is 0.300 e. The van der Waals surface area contributed by atoms with Gasteiger partial charge < -0.3 is 21.3 Å². The first kappa shape index (κ1) is 47.8. The van der Waals surface area contributed by atoms with Crippen molar-refractivity contribution in [1.82, 2.24) is 60.7 Å². The lowest BCUT2D eigenvalue weighted by Gasteiger charge is -2.00. The fraction of sp³-hybridized carbons (Fsp3) is 0.304. The molecule has 0 aromatic carbocycles. The average molecular weight is 1010 g/mol. The standard InChI is InChI=1S/2C23H22N8O2S2/c2*32-18(12-16-5-1-3-7-24-16)26-22-30-28-20(34-22)10-14-9-15(14)11-21-29-31-23(35-21)27-19(33)13-17-6-2-4-8-25-17/h2*1-8,14-15H,9-13H2,(H,26,30,32)(H,27,31,33)/t14-,15?;14-,15-/m01/s1. The Balaban J connectivity index is 0.000000174. The molecular formula is C46H44N16O4S4. The van der Waals surface area contributed by atoms with E-state index in [-0.39, 0.29) is 49.3 Å². The lowest BCUT2D eigenvalue weighted by atomic mass is 10.2. The van der Waals surface area contributed by atoms with E-state index in [1.54, 1.807) is 24.8 Å². The van der Waals surface area contributed by atoms with E-state index in [1.165, 1.54) is 45.3 Å². The molecule has 8 aromatic rings. The molecule has 8 aromatic heterocycles. The summed E-state index contributed by atoms with van der Waals surface area (Å²) >= 11 is 5.63. The number of anilines is 4. The molecule has 0 bridgehead atoms. The van der Waals surface area contributed by atoms with E-state index in [1.807, 2.05) is 72.8 Å². The zero-order chi connectivity index (χ0) is 48.1. The summed E-state index contributed by atoms with van der Waals surface area (Å²) in [6.45, 7) is 0. The van der Waals surface area contributed by atoms with Crippen LogP contribution in [0.15, 0.2) is 97.6 Å². The third kappa shape index (κ3) is 14.9. The van der Waals surface area contributed by atoms with Gasteiger partial charge in [0.2, 0.25) is 44.2 Å². The van der Waals surface area contributed by atoms with Crippen LogP contribution in [0.4, 0.5) is 20.5 Å². The first-order valence-corrected chi connectivity index (χ1v) is 25.6. The van der Waals surface area contributed by atoms with Gasteiger partial charge in [-0.2, -0.15) is 0 Å². The molecule has 20 nitrogen and oxygen atoms in total. The van der Waals surface area contributed by atoms with Crippen molar-refractivity contribution < 1.29 is 19.2 Å². The fourth-order valence-electron chi connectivity index (χ4n) is 7.39. The van der Waals surface area contributed by atoms with Crippen molar-refractivity contribution in [3.63, 3.8) is 0 Å². The number of carbonyl (C=O) groups excluding carboxylic acids is 4. The number of rotatable bonds is 20. The highest BCUT2D eigenvalue weighted by molar-refractivity contribution is 7.16. The highest BCUT2D eigenvalue weighted by Crippen LogP contribution is 2.45. The number of carbonyl (C=O) groups is 4. The van der Waals surface area contributed by atoms with Gasteiger partial charge in [-0.1, -0.05) is 69.6 Å². The Morgan fingerprint density at radius 3 is 0.829 bits per heavy atom. The third-order valence-electron chi connectivity index (χ3n) is 11.0. The summed E-state index contributed by atoms with van der Waals surface area (Å²) in [6, 6.07) is 21.9. The Morgan fingerprint density at radius 1 is 0.371 bits per heavy atom. The molecule has 70 heavy (non-hydrogen) atoms. The number of nitrogens with one attached hydrogen (secondary N) is 4. The average Bonchev–Trinajstić information content (AvgIpc) is 3.82. The van der Waals surface area contributed by atoms with E-state index in [4.69, 9.17) is 0 Å². The lowest BCUT2D eigenvalue weighted by Crippen LogP contribution is -2.14. The molecule has 1 unspecified atom stereocenters. The minimum Gasteiger partial charge on any atom is -0.300 e. The lowest BCUT2D eigenvalue weighted by molar-refractivity contribution is -0.116. The Kier molecular flexibility index (Phi) is 15.9. The summed E-state index contributed by atoms with van der Waals surface area (Å²) < 4.78 is 0. The van der Waals surface area contributed by atoms with E-state index < -0.39 is 0 Å². The quantitative estimate of drug-likeness (QED) is 0.0689. The van der Waals surface area contributed by atoms with Crippen molar-refractivity contribution in [2.75, 3.05) is 21.3 Å². The van der Waals surface area contributed by atoms with Gasteiger partial charge in [-0.3, -0.25) is 39.1 Å². The molecule has 24 heteroatoms. The zero-order valence-corrected chi connectivity index (χ0v) is 40.5. The maximum absolute atomic E-state index is 12.2. The minimum absolute atomic E-state index is 0.158. The van der Waals surface area contributed by atoms with Crippen LogP contribution in [-0.4, -0.2) is 84.4 Å². The molecule has 8 heterocycles. The Bertz CT molecular complexity index is 2590. The molecule has 2 fully saturated rings. The minimum atomic E-state index is -0.158. The maximum atomic E-state index is 12.2. The summed E-state index contributed by atoms with van der Waals surface area (Å²) in [4.78, 5) is 65.4. The number of pyridine rings is 4. The molecule has 2 saturated carbocycles. The number of aromatic nitrogens is 12. The van der Waals surface area contributed by atoms with Crippen molar-refractivity contribution in [3.8, 4) is 0 Å². The molecule has 0 saturated heterocycles. The van der Waals surface area contributed by atoms with Crippen LogP contribution in [0.2, 0.25) is 0 Å². The smallest absolute Gasteiger partial charge is 0.232 e. The van der Waals surface area contributed by atoms with Gasteiger partial charge in [-0.15, -0.1) is 40.8 Å². The van der Waals surface area contributed by atoms with E-state index in [0.717, 1.165) is 58.6 Å². The zero-order valence-electron chi connectivity index (χ0n) is 37.3. The molecular weight excluding hydrogens is 969 g/mol. The van der Waals surface area contributed by atoms with Gasteiger partial charge >= 0.3 is 0 Å². The number of hydrogen-bond acceptors (Lipinski definition) is 20. The summed E-state index contributed by atoms with van der Waals surface area (Å²) in [5.74, 6) is 1.39. The fourth-order valence-corrected chi connectivity index (χ4v) is 10.8. The Hall–Kier alpha value is -7.28. The van der Waals surface area contributed by atoms with Crippen LogP contribution in [0.3, 0.4) is 0 Å². The second-order valence-electron chi connectivity index (χ2n) is 16.5. The van der Waals surface area contributed by atoms with Crippen molar-refractivity contribution >= 4 is 89.5 Å². The molecule has 0 radical (unpaired) electrons. The van der Waals surface area contributed by atoms with Gasteiger partial charge in [0.25, 0.3) is 0 Å². The Morgan fingerprint density at radius 2 is 0.614 bits per heavy atom. The molecule has 4 atom stereocenters. The van der Waals surface area contributed by atoms with Gasteiger partial charge in [-0.25, -0.2) is 0 Å². The molecule has 2 aliphatic rings. The predicted octanol–water partition coefficient (Wildman–Crippen LogP) is 5.93. The maximum Gasteiger partial charge on any atom is 0.232 e. The molecule has 4 amide bonds. The van der Waals surface area contributed by atoms with Gasteiger partial charge in [0, 0.05) is 73.2 Å². The van der Waals surface area contributed by atoms with Crippen molar-refractivity contribution in [3.05, 3.63) is 140 Å². The summed E-state index contributed by atoms with van der Waals surface area (Å²) in [6.07, 6.45) is 12.9. The monoisotopic (exact) mass is 1010 g/mol. The van der Waals surface area contributed by atoms with Crippen LogP contribution in [-0.2, 0) is 70.5 Å². The summed E-state index contributed by atoms with van der Waals surface area (Å²) in [7, 11) is 0. The van der Waals surface area contributed by atoms with Crippen LogP contribution < -0.4 is 21.3 Å². The molecule has 0 spiro atoms. The predicted molar refractivity (Wildman–Crippen MR) is 264 cm³/mol. The van der Waals surface area contributed by atoms with Crippen LogP contribution in [0.25, 0.3) is 0 Å². The number of hydrogen-bond donors (Lipinski definition) is 4. The van der Waals surface area contributed by atoms with Crippen molar-refractivity contribution in [2.45, 2.75) is 64.2 Å². The van der Waals surface area contributed by atoms with Crippen molar-refractivity contribution in [2.24, 2.45) is 23.7 Å². The first-order chi connectivity index (χ1) is 34.2. The van der Waals surface area contributed by atoms with Gasteiger partial charge in [0.05, 0.1) is 25.7 Å². The van der Waals surface area contributed by atoms with E-state index in [2.05, 4.69) is 82.0 Å². The van der Waals surface area contributed by atoms with Crippen LogP contribution >= 0.6 is 45.3 Å². The van der Waals surface area contributed by atoms with E-state index in [9.17, 15) is 19.2 Å². The highest BCUT2D eigenvalue weighted by atomic mass is 32.1. The van der Waals surface area contributed by atoms with Crippen LogP contribution in [0, 0.1) is 23.7 Å². The topological polar surface area (TPSA) is 271 Å². The second kappa shape index (κ2) is 23.3. The summed E-state index contributed by atoms with van der Waals surface area (Å²) in [5, 5.41) is 50.2. The SMILES string of the molecule is O=C(Cc1ccccn1)Nc1nnc(CC2C[C@H]2Cc2nnc(NC(=O)Cc3ccccn3)s2)s1.O=C(Cc1ccccn1)Nc1nnc(C[C@H]2C[C@@H]2Cc2nnc(NC(=O)Cc3ccccn3)s2)s1. The second-order valence-corrected chi connectivity index (χ2v) is 20.8. The van der Waals surface area contributed by atoms with Crippen LogP contribution in [0.1, 0.15) is 55.6 Å². The third-order valence-corrected chi connectivity index (χ3v) is 14.5. The van der Waals surface area contributed by atoms with E-state index in [0.29, 0.717) is 67.0 Å². The van der Waals surface area contributed by atoms with Crippen molar-refractivity contribution in [1.29, 1.82) is 0 Å². The molecule has 356 valence electrons. The highest BCUT2D eigenvalue weighted by Gasteiger charge is 2.39. The molecule has 10 rings (SSSR count). The number of amides is 4. The van der Waals surface area contributed by atoms with Gasteiger partial charge in [0.1, 0.15) is 20.0 Å². The van der Waals surface area contributed by atoms with Gasteiger partial charge in [-0.05, 0) is 85.0 Å². The molecule has 4 N–H and O–H groups in total. The van der Waals surface area contributed by atoms with Gasteiger partial charge in [0.15, 0.2) is 0 Å². The molecule has 0 aliphatic heterocycles. The Labute approximate surface area is 416 Å². The normalized spacial score (nSPS) is 16.6. The van der Waals surface area contributed by atoms with Crippen LogP contribution in [0.5, 0.6) is 0 Å². The van der Waals surface area contributed by atoms with E-state index >= 15 is 0 Å². The summed E-state index contributed by atoms with van der Waals surface area (Å²) in [5.41, 5.74) is 2.85. The first-order valence-electron chi connectivity index (χ1n) is 22.3. The number of nitrogens with zero attached hydrogens (tertiary/aromatic N) is 12.